The minimum Gasteiger partial charge on any atom is -0.369 e. The maximum atomic E-state index is 14.8. The third-order valence-corrected chi connectivity index (χ3v) is 7.78. The maximum Gasteiger partial charge on any atom is 0.270 e. The molecule has 0 radical (unpaired) electrons. The van der Waals surface area contributed by atoms with Gasteiger partial charge in [0, 0.05) is 56.3 Å². The van der Waals surface area contributed by atoms with Gasteiger partial charge in [-0.05, 0) is 56.7 Å². The third kappa shape index (κ3) is 4.57. The molecule has 9 nitrogen and oxygen atoms in total. The first kappa shape index (κ1) is 25.5. The Hall–Kier alpha value is -3.76. The number of amides is 1. The standard InChI is InChI=1S/C28H30ClFN8O/c1-17(2)35-11-13-36(14-12-35)23-8-7-19(15-18(23)3)33-27-32-16-20-25(34-27)37-10-9-31-28(37)38(26(20)39)24-21(29)5-4-6-22(24)30/h4-8,15-17H,9-14H2,1-3H3,(H,32,33,34). The van der Waals surface area contributed by atoms with E-state index in [4.69, 9.17) is 11.6 Å². The van der Waals surface area contributed by atoms with Crippen molar-refractivity contribution in [2.45, 2.75) is 26.8 Å². The summed E-state index contributed by atoms with van der Waals surface area (Å²) >= 11 is 6.30. The molecule has 39 heavy (non-hydrogen) atoms. The smallest absolute Gasteiger partial charge is 0.270 e. The average Bonchev–Trinajstić information content (AvgIpc) is 3.40. The zero-order chi connectivity index (χ0) is 27.3. The van der Waals surface area contributed by atoms with Gasteiger partial charge in [-0.25, -0.2) is 14.3 Å². The van der Waals surface area contributed by atoms with Gasteiger partial charge in [-0.1, -0.05) is 17.7 Å². The fourth-order valence-corrected chi connectivity index (χ4v) is 5.68. The Balaban J connectivity index is 1.25. The van der Waals surface area contributed by atoms with Crippen LogP contribution >= 0.6 is 11.6 Å². The van der Waals surface area contributed by atoms with Crippen LogP contribution in [0, 0.1) is 12.7 Å². The van der Waals surface area contributed by atoms with Crippen molar-refractivity contribution in [2.24, 2.45) is 4.99 Å². The van der Waals surface area contributed by atoms with Gasteiger partial charge >= 0.3 is 0 Å². The van der Waals surface area contributed by atoms with E-state index in [2.05, 4.69) is 63.0 Å². The Morgan fingerprint density at radius 1 is 1.08 bits per heavy atom. The van der Waals surface area contributed by atoms with Crippen LogP contribution in [-0.4, -0.2) is 72.0 Å². The number of guanidine groups is 1. The fourth-order valence-electron chi connectivity index (χ4n) is 5.43. The lowest BCUT2D eigenvalue weighted by Crippen LogP contribution is -2.51. The zero-order valence-electron chi connectivity index (χ0n) is 22.2. The number of aromatic nitrogens is 2. The Bertz CT molecular complexity index is 1450. The zero-order valence-corrected chi connectivity index (χ0v) is 22.9. The van der Waals surface area contributed by atoms with Crippen LogP contribution < -0.4 is 20.0 Å². The molecule has 6 rings (SSSR count). The summed E-state index contributed by atoms with van der Waals surface area (Å²) in [7, 11) is 0. The summed E-state index contributed by atoms with van der Waals surface area (Å²) in [6, 6.07) is 11.1. The Kier molecular flexibility index (Phi) is 6.60. The summed E-state index contributed by atoms with van der Waals surface area (Å²) in [6.07, 6.45) is 1.47. The summed E-state index contributed by atoms with van der Waals surface area (Å²) in [5.74, 6) is 0.0329. The molecule has 0 bridgehead atoms. The first-order valence-corrected chi connectivity index (χ1v) is 13.5. The molecular formula is C28H30ClFN8O. The second kappa shape index (κ2) is 10.1. The van der Waals surface area contributed by atoms with Crippen LogP contribution in [0.4, 0.5) is 33.2 Å². The van der Waals surface area contributed by atoms with Crippen molar-refractivity contribution in [3.8, 4) is 0 Å². The topological polar surface area (TPSA) is 80.2 Å². The molecule has 11 heteroatoms. The van der Waals surface area contributed by atoms with Crippen molar-refractivity contribution < 1.29 is 9.18 Å². The van der Waals surface area contributed by atoms with Crippen LogP contribution in [0.5, 0.6) is 0 Å². The number of benzene rings is 2. The molecule has 3 aliphatic rings. The first-order valence-electron chi connectivity index (χ1n) is 13.2. The van der Waals surface area contributed by atoms with E-state index in [1.54, 1.807) is 11.0 Å². The number of carbonyl (C=O) groups is 1. The molecule has 0 spiro atoms. The number of fused-ring (bicyclic) bond motifs is 3. The normalized spacial score (nSPS) is 17.4. The summed E-state index contributed by atoms with van der Waals surface area (Å²) < 4.78 is 14.8. The molecule has 1 amide bonds. The van der Waals surface area contributed by atoms with Gasteiger partial charge in [-0.2, -0.15) is 4.98 Å². The predicted octanol–water partition coefficient (Wildman–Crippen LogP) is 4.69. The number of nitrogens with one attached hydrogen (secondary N) is 1. The van der Waals surface area contributed by atoms with Crippen molar-refractivity contribution in [1.29, 1.82) is 0 Å². The lowest BCUT2D eigenvalue weighted by Gasteiger charge is -2.38. The Morgan fingerprint density at radius 2 is 1.87 bits per heavy atom. The maximum absolute atomic E-state index is 14.8. The summed E-state index contributed by atoms with van der Waals surface area (Å²) in [5, 5.41) is 3.41. The second-order valence-electron chi connectivity index (χ2n) is 10.2. The predicted molar refractivity (Wildman–Crippen MR) is 153 cm³/mol. The molecule has 1 aromatic heterocycles. The lowest BCUT2D eigenvalue weighted by molar-refractivity contribution is 0.0999. The van der Waals surface area contributed by atoms with Crippen molar-refractivity contribution >= 4 is 52.3 Å². The van der Waals surface area contributed by atoms with Crippen LogP contribution in [0.1, 0.15) is 29.8 Å². The molecule has 3 aromatic rings. The molecule has 2 aromatic carbocycles. The van der Waals surface area contributed by atoms with Gasteiger partial charge in [0.1, 0.15) is 17.1 Å². The minimum atomic E-state index is -0.603. The van der Waals surface area contributed by atoms with E-state index in [1.165, 1.54) is 28.9 Å². The third-order valence-electron chi connectivity index (χ3n) is 7.48. The van der Waals surface area contributed by atoms with E-state index in [0.717, 1.165) is 37.4 Å². The SMILES string of the molecule is Cc1cc(Nc2ncc3c(n2)N2CCN=C2N(c2c(F)cccc2Cl)C3=O)ccc1N1CCN(C(C)C)CC1. The van der Waals surface area contributed by atoms with Gasteiger partial charge in [-0.3, -0.25) is 19.6 Å². The van der Waals surface area contributed by atoms with Crippen LogP contribution in [0.25, 0.3) is 0 Å². The van der Waals surface area contributed by atoms with E-state index < -0.39 is 11.7 Å². The van der Waals surface area contributed by atoms with E-state index in [-0.39, 0.29) is 16.3 Å². The molecule has 0 unspecified atom stereocenters. The largest absolute Gasteiger partial charge is 0.369 e. The highest BCUT2D eigenvalue weighted by Crippen LogP contribution is 2.37. The number of nitrogens with zero attached hydrogens (tertiary/aromatic N) is 7. The molecule has 0 atom stereocenters. The Morgan fingerprint density at radius 3 is 2.59 bits per heavy atom. The summed E-state index contributed by atoms with van der Waals surface area (Å²) in [5.41, 5.74) is 3.48. The molecule has 0 aliphatic carbocycles. The van der Waals surface area contributed by atoms with E-state index in [9.17, 15) is 9.18 Å². The van der Waals surface area contributed by atoms with Crippen LogP contribution in [0.3, 0.4) is 0 Å². The van der Waals surface area contributed by atoms with E-state index in [0.29, 0.717) is 36.9 Å². The van der Waals surface area contributed by atoms with Gasteiger partial charge in [0.25, 0.3) is 5.91 Å². The minimum absolute atomic E-state index is 0.0242. The van der Waals surface area contributed by atoms with Gasteiger partial charge in [-0.15, -0.1) is 0 Å². The van der Waals surface area contributed by atoms with Gasteiger partial charge in [0.2, 0.25) is 11.9 Å². The number of anilines is 5. The number of carbonyl (C=O) groups excluding carboxylic acids is 1. The first-order chi connectivity index (χ1) is 18.8. The van der Waals surface area contributed by atoms with E-state index in [1.807, 2.05) is 6.07 Å². The second-order valence-corrected chi connectivity index (χ2v) is 10.6. The molecule has 1 saturated heterocycles. The Labute approximate surface area is 231 Å². The van der Waals surface area contributed by atoms with Crippen molar-refractivity contribution in [3.05, 3.63) is 64.6 Å². The highest BCUT2D eigenvalue weighted by Gasteiger charge is 2.41. The van der Waals surface area contributed by atoms with Crippen LogP contribution in [-0.2, 0) is 0 Å². The molecule has 1 N–H and O–H groups in total. The number of hydrogen-bond donors (Lipinski definition) is 1. The molecule has 202 valence electrons. The summed E-state index contributed by atoms with van der Waals surface area (Å²) in [4.78, 5) is 35.0. The fraction of sp³-hybridized carbons (Fsp3) is 0.357. The van der Waals surface area contributed by atoms with Gasteiger partial charge < -0.3 is 10.2 Å². The quantitative estimate of drug-likeness (QED) is 0.495. The monoisotopic (exact) mass is 548 g/mol. The summed E-state index contributed by atoms with van der Waals surface area (Å²) in [6.45, 7) is 11.7. The van der Waals surface area contributed by atoms with Crippen molar-refractivity contribution in [1.82, 2.24) is 14.9 Å². The number of rotatable bonds is 5. The number of halogens is 2. The number of piperazine rings is 1. The molecule has 1 fully saturated rings. The number of para-hydroxylation sites is 1. The number of hydrogen-bond acceptors (Lipinski definition) is 8. The van der Waals surface area contributed by atoms with Crippen LogP contribution in [0.15, 0.2) is 47.6 Å². The molecule has 4 heterocycles. The lowest BCUT2D eigenvalue weighted by atomic mass is 10.1. The van der Waals surface area contributed by atoms with Gasteiger partial charge in [0.15, 0.2) is 5.82 Å². The van der Waals surface area contributed by atoms with Crippen molar-refractivity contribution in [2.75, 3.05) is 59.3 Å². The highest BCUT2D eigenvalue weighted by atomic mass is 35.5. The molecule has 0 saturated carbocycles. The van der Waals surface area contributed by atoms with Gasteiger partial charge in [0.05, 0.1) is 11.6 Å². The van der Waals surface area contributed by atoms with Crippen LogP contribution in [0.2, 0.25) is 5.02 Å². The van der Waals surface area contributed by atoms with Crippen molar-refractivity contribution in [3.63, 3.8) is 0 Å². The molecular weight excluding hydrogens is 519 g/mol. The highest BCUT2D eigenvalue weighted by molar-refractivity contribution is 6.38. The van der Waals surface area contributed by atoms with E-state index >= 15 is 0 Å². The average molecular weight is 549 g/mol. The number of aryl methyl sites for hydroxylation is 1. The molecule has 3 aliphatic heterocycles. The number of aliphatic imine (C=N–C) groups is 1.